The van der Waals surface area contributed by atoms with Crippen LogP contribution in [0.15, 0.2) is 24.3 Å². The molecule has 2 rings (SSSR count). The van der Waals surface area contributed by atoms with Crippen molar-refractivity contribution in [3.8, 4) is 0 Å². The minimum absolute atomic E-state index is 0.450. The second-order valence-electron chi connectivity index (χ2n) is 6.02. The van der Waals surface area contributed by atoms with Crippen molar-refractivity contribution in [1.82, 2.24) is 10.2 Å². The molecule has 1 aliphatic rings. The molecule has 1 aromatic carbocycles. The largest absolute Gasteiger partial charge is 0.312 e. The van der Waals surface area contributed by atoms with Crippen LogP contribution in [0.1, 0.15) is 56.7 Å². The van der Waals surface area contributed by atoms with Gasteiger partial charge in [0.2, 0.25) is 0 Å². The molecule has 1 aromatic rings. The molecule has 19 heavy (non-hydrogen) atoms. The summed E-state index contributed by atoms with van der Waals surface area (Å²) in [5.41, 5.74) is 3.01. The lowest BCUT2D eigenvalue weighted by Crippen LogP contribution is -2.48. The van der Waals surface area contributed by atoms with Crippen molar-refractivity contribution in [2.45, 2.75) is 57.7 Å². The average Bonchev–Trinajstić information content (AvgIpc) is 2.45. The molecule has 0 aliphatic heterocycles. The molecule has 0 radical (unpaired) electrons. The summed E-state index contributed by atoms with van der Waals surface area (Å²) in [5, 5.41) is 3.55. The summed E-state index contributed by atoms with van der Waals surface area (Å²) in [7, 11) is 4.37. The first-order valence-corrected chi connectivity index (χ1v) is 7.58. The van der Waals surface area contributed by atoms with Crippen molar-refractivity contribution in [2.75, 3.05) is 14.1 Å². The zero-order valence-electron chi connectivity index (χ0n) is 13.0. The second-order valence-corrected chi connectivity index (χ2v) is 6.02. The zero-order valence-corrected chi connectivity index (χ0v) is 13.0. The highest BCUT2D eigenvalue weighted by Gasteiger charge is 2.35. The highest BCUT2D eigenvalue weighted by Crippen LogP contribution is 2.39. The normalized spacial score (nSPS) is 28.2. The zero-order chi connectivity index (χ0) is 14.0. The molecule has 0 amide bonds. The van der Waals surface area contributed by atoms with Crippen LogP contribution in [-0.4, -0.2) is 31.1 Å². The maximum atomic E-state index is 3.55. The minimum atomic E-state index is 0.450. The fraction of sp³-hybridized carbons (Fsp3) is 0.647. The molecule has 4 atom stereocenters. The van der Waals surface area contributed by atoms with E-state index in [1.807, 2.05) is 0 Å². The van der Waals surface area contributed by atoms with Crippen LogP contribution in [0.3, 0.4) is 0 Å². The van der Waals surface area contributed by atoms with Gasteiger partial charge in [0.25, 0.3) is 0 Å². The molecular formula is C17H28N2. The molecule has 1 aliphatic carbocycles. The molecule has 1 N–H and O–H groups in total. The van der Waals surface area contributed by atoms with Gasteiger partial charge in [0, 0.05) is 18.1 Å². The lowest BCUT2D eigenvalue weighted by molar-refractivity contribution is 0.124. The molecule has 0 spiro atoms. The Labute approximate surface area is 118 Å². The van der Waals surface area contributed by atoms with Gasteiger partial charge in [-0.3, -0.25) is 4.90 Å². The van der Waals surface area contributed by atoms with E-state index >= 15 is 0 Å². The number of fused-ring (bicyclic) bond motifs is 1. The predicted molar refractivity (Wildman–Crippen MR) is 82.6 cm³/mol. The van der Waals surface area contributed by atoms with Crippen LogP contribution in [0.4, 0.5) is 0 Å². The standard InChI is InChI=1S/C17H28N2/c1-6-13(3)19(5)16-11-12(2)14-9-7-8-10-15(14)17(16)18-4/h7-10,12-13,16-18H,6,11H2,1-5H3. The third-order valence-electron chi connectivity index (χ3n) is 4.96. The van der Waals surface area contributed by atoms with Gasteiger partial charge >= 0.3 is 0 Å². The lowest BCUT2D eigenvalue weighted by atomic mass is 9.77. The lowest BCUT2D eigenvalue weighted by Gasteiger charge is -2.43. The molecule has 4 unspecified atom stereocenters. The van der Waals surface area contributed by atoms with Gasteiger partial charge in [-0.05, 0) is 50.9 Å². The smallest absolute Gasteiger partial charge is 0.0478 e. The fourth-order valence-corrected chi connectivity index (χ4v) is 3.44. The van der Waals surface area contributed by atoms with Crippen LogP contribution in [0, 0.1) is 0 Å². The van der Waals surface area contributed by atoms with Crippen LogP contribution in [0.25, 0.3) is 0 Å². The molecule has 0 heterocycles. The van der Waals surface area contributed by atoms with E-state index in [2.05, 4.69) is 69.3 Å². The molecule has 106 valence electrons. The molecule has 0 saturated carbocycles. The van der Waals surface area contributed by atoms with Gasteiger partial charge in [0.05, 0.1) is 0 Å². The number of nitrogens with one attached hydrogen (secondary N) is 1. The number of nitrogens with zero attached hydrogens (tertiary/aromatic N) is 1. The summed E-state index contributed by atoms with van der Waals surface area (Å²) in [5.74, 6) is 0.650. The van der Waals surface area contributed by atoms with E-state index in [0.29, 0.717) is 24.0 Å². The quantitative estimate of drug-likeness (QED) is 0.890. The van der Waals surface area contributed by atoms with E-state index < -0.39 is 0 Å². The van der Waals surface area contributed by atoms with Gasteiger partial charge in [-0.2, -0.15) is 0 Å². The van der Waals surface area contributed by atoms with Gasteiger partial charge < -0.3 is 5.32 Å². The van der Waals surface area contributed by atoms with Crippen molar-refractivity contribution >= 4 is 0 Å². The Bertz CT molecular complexity index is 415. The van der Waals surface area contributed by atoms with E-state index in [0.717, 1.165) is 0 Å². The highest BCUT2D eigenvalue weighted by molar-refractivity contribution is 5.36. The fourth-order valence-electron chi connectivity index (χ4n) is 3.44. The van der Waals surface area contributed by atoms with Crippen molar-refractivity contribution < 1.29 is 0 Å². The number of likely N-dealkylation sites (N-methyl/N-ethyl adjacent to an activating group) is 2. The van der Waals surface area contributed by atoms with Gasteiger partial charge in [-0.1, -0.05) is 38.1 Å². The first kappa shape index (κ1) is 14.5. The van der Waals surface area contributed by atoms with Gasteiger partial charge in [0.1, 0.15) is 0 Å². The molecule has 0 aromatic heterocycles. The van der Waals surface area contributed by atoms with Crippen molar-refractivity contribution in [2.24, 2.45) is 0 Å². The summed E-state index contributed by atoms with van der Waals surface area (Å²) < 4.78 is 0. The third-order valence-corrected chi connectivity index (χ3v) is 4.96. The summed E-state index contributed by atoms with van der Waals surface area (Å²) >= 11 is 0. The number of benzene rings is 1. The van der Waals surface area contributed by atoms with Gasteiger partial charge in [-0.15, -0.1) is 0 Å². The maximum Gasteiger partial charge on any atom is 0.0478 e. The molecule has 0 bridgehead atoms. The molecule has 0 fully saturated rings. The number of rotatable bonds is 4. The Hall–Kier alpha value is -0.860. The average molecular weight is 260 g/mol. The Morgan fingerprint density at radius 2 is 1.95 bits per heavy atom. The maximum absolute atomic E-state index is 3.55. The van der Waals surface area contributed by atoms with Crippen LogP contribution >= 0.6 is 0 Å². The molecule has 0 saturated heterocycles. The third kappa shape index (κ3) is 2.70. The second kappa shape index (κ2) is 6.06. The monoisotopic (exact) mass is 260 g/mol. The molecule has 2 heteroatoms. The van der Waals surface area contributed by atoms with Crippen LogP contribution in [-0.2, 0) is 0 Å². The van der Waals surface area contributed by atoms with Crippen LogP contribution in [0.5, 0.6) is 0 Å². The van der Waals surface area contributed by atoms with E-state index in [1.54, 1.807) is 0 Å². The number of hydrogen-bond donors (Lipinski definition) is 1. The van der Waals surface area contributed by atoms with Crippen molar-refractivity contribution in [3.63, 3.8) is 0 Å². The Balaban J connectivity index is 2.33. The van der Waals surface area contributed by atoms with Crippen LogP contribution < -0.4 is 5.32 Å². The van der Waals surface area contributed by atoms with Crippen molar-refractivity contribution in [3.05, 3.63) is 35.4 Å². The van der Waals surface area contributed by atoms with Crippen LogP contribution in [0.2, 0.25) is 0 Å². The SMILES string of the molecule is CCC(C)N(C)C1CC(C)c2ccccc2C1NC. The van der Waals surface area contributed by atoms with E-state index in [9.17, 15) is 0 Å². The topological polar surface area (TPSA) is 15.3 Å². The summed E-state index contributed by atoms with van der Waals surface area (Å²) in [6.07, 6.45) is 2.45. The Morgan fingerprint density at radius 1 is 1.32 bits per heavy atom. The van der Waals surface area contributed by atoms with E-state index in [-0.39, 0.29) is 0 Å². The summed E-state index contributed by atoms with van der Waals surface area (Å²) in [6.45, 7) is 6.97. The molecular weight excluding hydrogens is 232 g/mol. The Kier molecular flexibility index (Phi) is 4.64. The predicted octanol–water partition coefficient (Wildman–Crippen LogP) is 3.55. The van der Waals surface area contributed by atoms with Crippen molar-refractivity contribution in [1.29, 1.82) is 0 Å². The Morgan fingerprint density at radius 3 is 2.53 bits per heavy atom. The van der Waals surface area contributed by atoms with Gasteiger partial charge in [0.15, 0.2) is 0 Å². The first-order valence-electron chi connectivity index (χ1n) is 7.58. The van der Waals surface area contributed by atoms with E-state index in [1.165, 1.54) is 24.0 Å². The highest BCUT2D eigenvalue weighted by atomic mass is 15.2. The minimum Gasteiger partial charge on any atom is -0.312 e. The summed E-state index contributed by atoms with van der Waals surface area (Å²) in [6, 6.07) is 10.6. The van der Waals surface area contributed by atoms with Gasteiger partial charge in [-0.25, -0.2) is 0 Å². The number of hydrogen-bond acceptors (Lipinski definition) is 2. The van der Waals surface area contributed by atoms with E-state index in [4.69, 9.17) is 0 Å². The summed E-state index contributed by atoms with van der Waals surface area (Å²) in [4.78, 5) is 2.56. The molecule has 2 nitrogen and oxygen atoms in total. The first-order chi connectivity index (χ1) is 9.10.